The van der Waals surface area contributed by atoms with Crippen molar-refractivity contribution in [2.75, 3.05) is 0 Å². The maximum atomic E-state index is 14.3. The molecule has 0 bridgehead atoms. The van der Waals surface area contributed by atoms with E-state index in [1.54, 1.807) is 29.9 Å². The van der Waals surface area contributed by atoms with E-state index in [2.05, 4.69) is 10.1 Å². The minimum atomic E-state index is -0.545. The van der Waals surface area contributed by atoms with Crippen LogP contribution < -0.4 is 11.2 Å². The molecule has 4 rings (SSSR count). The highest BCUT2D eigenvalue weighted by atomic mass is 19.1. The Kier molecular flexibility index (Phi) is 5.36. The van der Waals surface area contributed by atoms with Crippen molar-refractivity contribution in [3.63, 3.8) is 0 Å². The third-order valence-electron chi connectivity index (χ3n) is 5.89. The van der Waals surface area contributed by atoms with Crippen molar-refractivity contribution < 1.29 is 4.39 Å². The highest BCUT2D eigenvalue weighted by molar-refractivity contribution is 5.72. The van der Waals surface area contributed by atoms with Gasteiger partial charge in [0, 0.05) is 24.8 Å². The summed E-state index contributed by atoms with van der Waals surface area (Å²) in [6.45, 7) is 10.3. The molecular weight excluding hydrogens is 411 g/mol. The largest absolute Gasteiger partial charge is 0.332 e. The molecular formula is C23H27FN6O2. The van der Waals surface area contributed by atoms with Crippen LogP contribution in [0.2, 0.25) is 0 Å². The summed E-state index contributed by atoms with van der Waals surface area (Å²) in [5, 5.41) is 4.61. The van der Waals surface area contributed by atoms with Gasteiger partial charge in [-0.25, -0.2) is 13.9 Å². The van der Waals surface area contributed by atoms with Crippen LogP contribution in [-0.4, -0.2) is 28.5 Å². The van der Waals surface area contributed by atoms with Gasteiger partial charge in [-0.15, -0.1) is 0 Å². The molecule has 32 heavy (non-hydrogen) atoms. The maximum absolute atomic E-state index is 14.3. The van der Waals surface area contributed by atoms with Crippen LogP contribution in [0.3, 0.4) is 0 Å². The Bertz CT molecular complexity index is 1450. The molecule has 0 N–H and O–H groups in total. The standard InChI is InChI=1S/C23H27FN6O2/c1-13(2)11-28-19-20(25-22(28)30-16(5)14(3)15(4)26-30)27(6)23(32)29(21(19)31)12-17-9-7-8-10-18(17)24/h7-10,13H,11-12H2,1-6H3. The van der Waals surface area contributed by atoms with Crippen LogP contribution in [-0.2, 0) is 20.1 Å². The molecule has 3 aromatic heterocycles. The average molecular weight is 439 g/mol. The summed E-state index contributed by atoms with van der Waals surface area (Å²) in [5.74, 6) is 0.232. The van der Waals surface area contributed by atoms with Crippen molar-refractivity contribution in [1.29, 1.82) is 0 Å². The van der Waals surface area contributed by atoms with Crippen molar-refractivity contribution in [2.45, 2.75) is 47.7 Å². The van der Waals surface area contributed by atoms with Gasteiger partial charge in [0.1, 0.15) is 5.82 Å². The van der Waals surface area contributed by atoms with E-state index in [1.807, 2.05) is 39.2 Å². The highest BCUT2D eigenvalue weighted by Crippen LogP contribution is 2.21. The number of fused-ring (bicyclic) bond motifs is 1. The number of aryl methyl sites for hydroxylation is 2. The Hall–Kier alpha value is -3.49. The zero-order chi connectivity index (χ0) is 23.3. The third-order valence-corrected chi connectivity index (χ3v) is 5.89. The molecule has 0 aliphatic carbocycles. The first kappa shape index (κ1) is 21.7. The lowest BCUT2D eigenvalue weighted by atomic mass is 10.2. The minimum absolute atomic E-state index is 0.157. The third kappa shape index (κ3) is 3.37. The first-order valence-corrected chi connectivity index (χ1v) is 10.6. The van der Waals surface area contributed by atoms with E-state index in [4.69, 9.17) is 0 Å². The molecule has 3 heterocycles. The molecule has 0 radical (unpaired) electrons. The van der Waals surface area contributed by atoms with Crippen LogP contribution in [0.1, 0.15) is 36.4 Å². The van der Waals surface area contributed by atoms with Gasteiger partial charge in [0.15, 0.2) is 11.2 Å². The summed E-state index contributed by atoms with van der Waals surface area (Å²) < 4.78 is 20.2. The van der Waals surface area contributed by atoms with Gasteiger partial charge in [0.05, 0.1) is 12.2 Å². The number of benzene rings is 1. The summed E-state index contributed by atoms with van der Waals surface area (Å²) in [7, 11) is 1.57. The molecule has 168 valence electrons. The molecule has 9 heteroatoms. The zero-order valence-corrected chi connectivity index (χ0v) is 19.2. The lowest BCUT2D eigenvalue weighted by Gasteiger charge is -2.13. The molecule has 0 amide bonds. The zero-order valence-electron chi connectivity index (χ0n) is 19.2. The molecule has 0 saturated heterocycles. The summed E-state index contributed by atoms with van der Waals surface area (Å²) in [6, 6.07) is 6.14. The predicted molar refractivity (Wildman–Crippen MR) is 121 cm³/mol. The van der Waals surface area contributed by atoms with Gasteiger partial charge in [0.25, 0.3) is 5.56 Å². The number of hydrogen-bond acceptors (Lipinski definition) is 4. The molecule has 8 nitrogen and oxygen atoms in total. The molecule has 0 saturated carbocycles. The molecule has 0 aliphatic rings. The van der Waals surface area contributed by atoms with E-state index >= 15 is 0 Å². The van der Waals surface area contributed by atoms with E-state index in [-0.39, 0.29) is 23.7 Å². The molecule has 0 spiro atoms. The Morgan fingerprint density at radius 3 is 2.34 bits per heavy atom. The van der Waals surface area contributed by atoms with Gasteiger partial charge >= 0.3 is 5.69 Å². The molecule has 4 aromatic rings. The number of halogens is 1. The Labute approximate surface area is 184 Å². The van der Waals surface area contributed by atoms with Gasteiger partial charge in [-0.2, -0.15) is 10.1 Å². The van der Waals surface area contributed by atoms with Crippen LogP contribution >= 0.6 is 0 Å². The molecule has 0 aliphatic heterocycles. The first-order chi connectivity index (χ1) is 15.1. The van der Waals surface area contributed by atoms with Gasteiger partial charge in [-0.1, -0.05) is 32.0 Å². The van der Waals surface area contributed by atoms with Crippen molar-refractivity contribution in [3.8, 4) is 5.95 Å². The number of aromatic nitrogens is 6. The Morgan fingerprint density at radius 2 is 1.75 bits per heavy atom. The first-order valence-electron chi connectivity index (χ1n) is 10.6. The van der Waals surface area contributed by atoms with E-state index < -0.39 is 17.1 Å². The van der Waals surface area contributed by atoms with Crippen molar-refractivity contribution in [1.82, 2.24) is 28.5 Å². The predicted octanol–water partition coefficient (Wildman–Crippen LogP) is 2.85. The van der Waals surface area contributed by atoms with Crippen molar-refractivity contribution >= 4 is 11.2 Å². The number of rotatable bonds is 5. The lowest BCUT2D eigenvalue weighted by molar-refractivity contribution is 0.516. The van der Waals surface area contributed by atoms with Gasteiger partial charge < -0.3 is 4.57 Å². The van der Waals surface area contributed by atoms with E-state index in [1.165, 1.54) is 10.6 Å². The second-order valence-corrected chi connectivity index (χ2v) is 8.62. The second-order valence-electron chi connectivity index (χ2n) is 8.62. The lowest BCUT2D eigenvalue weighted by Crippen LogP contribution is -2.40. The van der Waals surface area contributed by atoms with Crippen LogP contribution in [0.5, 0.6) is 0 Å². The topological polar surface area (TPSA) is 79.6 Å². The quantitative estimate of drug-likeness (QED) is 0.480. The smallest absolute Gasteiger partial charge is 0.302 e. The average Bonchev–Trinajstić information content (AvgIpc) is 3.23. The summed E-state index contributed by atoms with van der Waals surface area (Å²) in [4.78, 5) is 31.3. The number of imidazole rings is 1. The Morgan fingerprint density at radius 1 is 1.06 bits per heavy atom. The van der Waals surface area contributed by atoms with Crippen LogP contribution in [0.4, 0.5) is 4.39 Å². The van der Waals surface area contributed by atoms with Crippen LogP contribution in [0.15, 0.2) is 33.9 Å². The Balaban J connectivity index is 2.05. The van der Waals surface area contributed by atoms with Crippen molar-refractivity contribution in [3.05, 3.63) is 73.4 Å². The second kappa shape index (κ2) is 7.89. The number of nitrogens with zero attached hydrogens (tertiary/aromatic N) is 6. The van der Waals surface area contributed by atoms with E-state index in [0.717, 1.165) is 21.5 Å². The molecule has 0 atom stereocenters. The number of hydrogen-bond donors (Lipinski definition) is 0. The minimum Gasteiger partial charge on any atom is -0.302 e. The van der Waals surface area contributed by atoms with Crippen LogP contribution in [0.25, 0.3) is 17.1 Å². The normalized spacial score (nSPS) is 11.8. The fraction of sp³-hybridized carbons (Fsp3) is 0.391. The molecule has 1 aromatic carbocycles. The van der Waals surface area contributed by atoms with E-state index in [9.17, 15) is 14.0 Å². The van der Waals surface area contributed by atoms with Gasteiger partial charge in [-0.3, -0.25) is 13.9 Å². The maximum Gasteiger partial charge on any atom is 0.332 e. The molecule has 0 fully saturated rings. The van der Waals surface area contributed by atoms with Crippen LogP contribution in [0, 0.1) is 32.5 Å². The van der Waals surface area contributed by atoms with Gasteiger partial charge in [0.2, 0.25) is 5.95 Å². The summed E-state index contributed by atoms with van der Waals surface area (Å²) >= 11 is 0. The SMILES string of the molecule is Cc1nn(-c2nc3c(c(=O)n(Cc4ccccc4F)c(=O)n3C)n2CC(C)C)c(C)c1C. The molecule has 0 unspecified atom stereocenters. The highest BCUT2D eigenvalue weighted by Gasteiger charge is 2.24. The fourth-order valence-corrected chi connectivity index (χ4v) is 3.91. The summed E-state index contributed by atoms with van der Waals surface area (Å²) in [5.41, 5.74) is 2.65. The monoisotopic (exact) mass is 438 g/mol. The fourth-order valence-electron chi connectivity index (χ4n) is 3.91. The van der Waals surface area contributed by atoms with E-state index in [0.29, 0.717) is 18.0 Å². The van der Waals surface area contributed by atoms with Crippen molar-refractivity contribution in [2.24, 2.45) is 13.0 Å². The van der Waals surface area contributed by atoms with Gasteiger partial charge in [-0.05, 0) is 38.3 Å². The summed E-state index contributed by atoms with van der Waals surface area (Å²) in [6.07, 6.45) is 0.